The van der Waals surface area contributed by atoms with Crippen molar-refractivity contribution in [3.8, 4) is 11.3 Å². The molecular weight excluding hydrogens is 254 g/mol. The molecule has 1 amide bonds. The zero-order valence-corrected chi connectivity index (χ0v) is 10.9. The Balaban J connectivity index is 1.94. The Morgan fingerprint density at radius 2 is 2.00 bits per heavy atom. The van der Waals surface area contributed by atoms with Crippen molar-refractivity contribution in [1.29, 1.82) is 0 Å². The van der Waals surface area contributed by atoms with Crippen LogP contribution in [0.2, 0.25) is 0 Å². The fourth-order valence-corrected chi connectivity index (χ4v) is 2.06. The highest BCUT2D eigenvalue weighted by molar-refractivity contribution is 6.04. The predicted molar refractivity (Wildman–Crippen MR) is 75.3 cm³/mol. The average Bonchev–Trinajstić information content (AvgIpc) is 3.10. The number of nitrogens with one attached hydrogen (secondary N) is 1. The van der Waals surface area contributed by atoms with Crippen LogP contribution in [-0.2, 0) is 7.05 Å². The molecule has 0 saturated heterocycles. The molecule has 2 heterocycles. The lowest BCUT2D eigenvalue weighted by Crippen LogP contribution is -2.11. The Morgan fingerprint density at radius 3 is 2.70 bits per heavy atom. The number of hydrogen-bond acceptors (Lipinski definition) is 3. The third-order valence-corrected chi connectivity index (χ3v) is 2.98. The second-order valence-electron chi connectivity index (χ2n) is 4.33. The number of aryl methyl sites for hydroxylation is 1. The Labute approximate surface area is 115 Å². The molecule has 20 heavy (non-hydrogen) atoms. The molecule has 1 N–H and O–H groups in total. The SMILES string of the molecule is Cn1ncc(NC(=O)c2ccco2)c1-c1ccccc1. The van der Waals surface area contributed by atoms with Crippen molar-refractivity contribution in [3.05, 3.63) is 60.7 Å². The minimum Gasteiger partial charge on any atom is -0.459 e. The third-order valence-electron chi connectivity index (χ3n) is 2.98. The highest BCUT2D eigenvalue weighted by Crippen LogP contribution is 2.27. The summed E-state index contributed by atoms with van der Waals surface area (Å²) < 4.78 is 6.81. The number of rotatable bonds is 3. The van der Waals surface area contributed by atoms with Crippen LogP contribution in [-0.4, -0.2) is 15.7 Å². The van der Waals surface area contributed by atoms with Gasteiger partial charge in [-0.1, -0.05) is 30.3 Å². The van der Waals surface area contributed by atoms with E-state index >= 15 is 0 Å². The number of hydrogen-bond donors (Lipinski definition) is 1. The van der Waals surface area contributed by atoms with E-state index in [-0.39, 0.29) is 11.7 Å². The monoisotopic (exact) mass is 267 g/mol. The molecule has 5 heteroatoms. The largest absolute Gasteiger partial charge is 0.459 e. The van der Waals surface area contributed by atoms with Crippen molar-refractivity contribution in [2.45, 2.75) is 0 Å². The molecule has 0 spiro atoms. The quantitative estimate of drug-likeness (QED) is 0.793. The Hall–Kier alpha value is -2.82. The molecule has 0 unspecified atom stereocenters. The highest BCUT2D eigenvalue weighted by atomic mass is 16.3. The van der Waals surface area contributed by atoms with E-state index in [0.717, 1.165) is 11.3 Å². The van der Waals surface area contributed by atoms with Gasteiger partial charge in [-0.15, -0.1) is 0 Å². The summed E-state index contributed by atoms with van der Waals surface area (Å²) in [5.41, 5.74) is 2.49. The maximum absolute atomic E-state index is 12.0. The van der Waals surface area contributed by atoms with E-state index in [1.165, 1.54) is 6.26 Å². The number of amides is 1. The molecule has 3 rings (SSSR count). The third kappa shape index (κ3) is 2.21. The molecular formula is C15H13N3O2. The standard InChI is InChI=1S/C15H13N3O2/c1-18-14(11-6-3-2-4-7-11)12(10-16-18)17-15(19)13-8-5-9-20-13/h2-10H,1H3,(H,17,19). The summed E-state index contributed by atoms with van der Waals surface area (Å²) in [7, 11) is 1.84. The minimum absolute atomic E-state index is 0.271. The topological polar surface area (TPSA) is 60.1 Å². The van der Waals surface area contributed by atoms with Crippen LogP contribution in [0.5, 0.6) is 0 Å². The molecule has 5 nitrogen and oxygen atoms in total. The first-order valence-electron chi connectivity index (χ1n) is 6.18. The van der Waals surface area contributed by atoms with Crippen LogP contribution in [0, 0.1) is 0 Å². The first kappa shape index (κ1) is 12.2. The van der Waals surface area contributed by atoms with Gasteiger partial charge in [-0.3, -0.25) is 9.48 Å². The fraction of sp³-hybridized carbons (Fsp3) is 0.0667. The smallest absolute Gasteiger partial charge is 0.291 e. The molecule has 0 atom stereocenters. The van der Waals surface area contributed by atoms with Gasteiger partial charge in [0, 0.05) is 12.6 Å². The van der Waals surface area contributed by atoms with Gasteiger partial charge in [0.05, 0.1) is 23.8 Å². The summed E-state index contributed by atoms with van der Waals surface area (Å²) in [6.45, 7) is 0. The molecule has 0 saturated carbocycles. The van der Waals surface area contributed by atoms with Crippen LogP contribution in [0.1, 0.15) is 10.6 Å². The predicted octanol–water partition coefficient (Wildman–Crippen LogP) is 2.93. The van der Waals surface area contributed by atoms with Gasteiger partial charge in [0.1, 0.15) is 0 Å². The highest BCUT2D eigenvalue weighted by Gasteiger charge is 2.15. The van der Waals surface area contributed by atoms with Crippen molar-refractivity contribution in [1.82, 2.24) is 9.78 Å². The molecule has 3 aromatic rings. The van der Waals surface area contributed by atoms with E-state index in [9.17, 15) is 4.79 Å². The van der Waals surface area contributed by atoms with E-state index in [2.05, 4.69) is 10.4 Å². The molecule has 0 aliphatic heterocycles. The second-order valence-corrected chi connectivity index (χ2v) is 4.33. The van der Waals surface area contributed by atoms with Gasteiger partial charge in [-0.05, 0) is 12.1 Å². The van der Waals surface area contributed by atoms with Crippen molar-refractivity contribution in [2.75, 3.05) is 5.32 Å². The molecule has 1 aromatic carbocycles. The molecule has 0 aliphatic carbocycles. The van der Waals surface area contributed by atoms with Crippen LogP contribution >= 0.6 is 0 Å². The van der Waals surface area contributed by atoms with Crippen LogP contribution in [0.3, 0.4) is 0 Å². The van der Waals surface area contributed by atoms with Crippen molar-refractivity contribution < 1.29 is 9.21 Å². The summed E-state index contributed by atoms with van der Waals surface area (Å²) in [6, 6.07) is 13.1. The lowest BCUT2D eigenvalue weighted by molar-refractivity contribution is 0.0996. The van der Waals surface area contributed by atoms with Gasteiger partial charge in [-0.2, -0.15) is 5.10 Å². The lowest BCUT2D eigenvalue weighted by atomic mass is 10.1. The van der Waals surface area contributed by atoms with Crippen molar-refractivity contribution in [3.63, 3.8) is 0 Å². The number of carbonyl (C=O) groups excluding carboxylic acids is 1. The number of aromatic nitrogens is 2. The summed E-state index contributed by atoms with van der Waals surface area (Å²) in [5, 5.41) is 7.01. The molecule has 0 fully saturated rings. The van der Waals surface area contributed by atoms with Crippen LogP contribution in [0.4, 0.5) is 5.69 Å². The Bertz CT molecular complexity index is 715. The molecule has 0 radical (unpaired) electrons. The number of anilines is 1. The van der Waals surface area contributed by atoms with E-state index in [4.69, 9.17) is 4.42 Å². The number of benzene rings is 1. The Morgan fingerprint density at radius 1 is 1.20 bits per heavy atom. The van der Waals surface area contributed by atoms with Gasteiger partial charge in [0.2, 0.25) is 0 Å². The number of nitrogens with zero attached hydrogens (tertiary/aromatic N) is 2. The van der Waals surface area contributed by atoms with E-state index in [1.807, 2.05) is 37.4 Å². The maximum atomic E-state index is 12.0. The normalized spacial score (nSPS) is 10.4. The minimum atomic E-state index is -0.291. The van der Waals surface area contributed by atoms with E-state index < -0.39 is 0 Å². The molecule has 2 aromatic heterocycles. The van der Waals surface area contributed by atoms with Gasteiger partial charge >= 0.3 is 0 Å². The van der Waals surface area contributed by atoms with Crippen LogP contribution < -0.4 is 5.32 Å². The van der Waals surface area contributed by atoms with Crippen molar-refractivity contribution >= 4 is 11.6 Å². The van der Waals surface area contributed by atoms with E-state index in [0.29, 0.717) is 5.69 Å². The van der Waals surface area contributed by atoms with E-state index in [1.54, 1.807) is 23.0 Å². The molecule has 100 valence electrons. The first-order valence-corrected chi connectivity index (χ1v) is 6.18. The molecule has 0 aliphatic rings. The first-order chi connectivity index (χ1) is 9.75. The lowest BCUT2D eigenvalue weighted by Gasteiger charge is -2.07. The van der Waals surface area contributed by atoms with Gasteiger partial charge in [-0.25, -0.2) is 0 Å². The summed E-state index contributed by atoms with van der Waals surface area (Å²) in [6.07, 6.45) is 3.10. The van der Waals surface area contributed by atoms with Gasteiger partial charge < -0.3 is 9.73 Å². The zero-order chi connectivity index (χ0) is 13.9. The maximum Gasteiger partial charge on any atom is 0.291 e. The molecule has 0 bridgehead atoms. The fourth-order valence-electron chi connectivity index (χ4n) is 2.06. The van der Waals surface area contributed by atoms with Crippen LogP contribution in [0.15, 0.2) is 59.3 Å². The average molecular weight is 267 g/mol. The Kier molecular flexibility index (Phi) is 3.09. The summed E-state index contributed by atoms with van der Waals surface area (Å²) >= 11 is 0. The zero-order valence-electron chi connectivity index (χ0n) is 10.9. The number of carbonyl (C=O) groups is 1. The number of furan rings is 1. The van der Waals surface area contributed by atoms with Gasteiger partial charge in [0.25, 0.3) is 5.91 Å². The summed E-state index contributed by atoms with van der Waals surface area (Å²) in [5.74, 6) is -0.0203. The van der Waals surface area contributed by atoms with Crippen molar-refractivity contribution in [2.24, 2.45) is 7.05 Å². The summed E-state index contributed by atoms with van der Waals surface area (Å²) in [4.78, 5) is 12.0. The second kappa shape index (κ2) is 5.05. The van der Waals surface area contributed by atoms with Crippen LogP contribution in [0.25, 0.3) is 11.3 Å². The van der Waals surface area contributed by atoms with Gasteiger partial charge in [0.15, 0.2) is 5.76 Å².